The van der Waals surface area contributed by atoms with Crippen LogP contribution >= 0.6 is 0 Å². The first-order chi connectivity index (χ1) is 5.36. The van der Waals surface area contributed by atoms with Gasteiger partial charge in [-0.15, -0.1) is 0 Å². The molecule has 0 aromatic heterocycles. The molecule has 70 valence electrons. The van der Waals surface area contributed by atoms with Crippen molar-refractivity contribution in [2.24, 2.45) is 5.41 Å². The van der Waals surface area contributed by atoms with Crippen molar-refractivity contribution in [1.29, 1.82) is 0 Å². The van der Waals surface area contributed by atoms with Gasteiger partial charge in [0.05, 0.1) is 0 Å². The van der Waals surface area contributed by atoms with E-state index in [1.165, 1.54) is 0 Å². The first kappa shape index (κ1) is 9.72. The number of carbonyl (C=O) groups is 1. The number of ether oxygens (including phenoxy) is 1. The van der Waals surface area contributed by atoms with Gasteiger partial charge in [0.25, 0.3) is 0 Å². The molecule has 0 aromatic rings. The number of carbonyl (C=O) groups excluding carboxylic acids is 1. The summed E-state index contributed by atoms with van der Waals surface area (Å²) in [5.74, 6) is 0.229. The van der Waals surface area contributed by atoms with E-state index in [0.29, 0.717) is 0 Å². The average molecular weight is 170 g/mol. The predicted octanol–water partition coefficient (Wildman–Crippen LogP) is 2.17. The molecule has 0 radical (unpaired) electrons. The second kappa shape index (κ2) is 2.84. The molecular formula is C10H18O2. The van der Waals surface area contributed by atoms with Crippen molar-refractivity contribution in [3.8, 4) is 0 Å². The molecule has 1 heterocycles. The van der Waals surface area contributed by atoms with Crippen LogP contribution in [0.3, 0.4) is 0 Å². The third kappa shape index (κ3) is 1.69. The zero-order chi connectivity index (χ0) is 9.41. The normalized spacial score (nSPS) is 30.7. The molecule has 0 aliphatic carbocycles. The highest BCUT2D eigenvalue weighted by molar-refractivity contribution is 5.91. The van der Waals surface area contributed by atoms with Crippen molar-refractivity contribution in [3.63, 3.8) is 0 Å². The van der Waals surface area contributed by atoms with Gasteiger partial charge in [-0.1, -0.05) is 20.8 Å². The zero-order valence-corrected chi connectivity index (χ0v) is 8.44. The Hall–Kier alpha value is -0.370. The van der Waals surface area contributed by atoms with Crippen molar-refractivity contribution in [3.05, 3.63) is 0 Å². The molecule has 1 rings (SSSR count). The third-order valence-electron chi connectivity index (χ3n) is 2.38. The molecule has 2 nitrogen and oxygen atoms in total. The summed E-state index contributed by atoms with van der Waals surface area (Å²) in [4.78, 5) is 11.9. The van der Waals surface area contributed by atoms with Crippen LogP contribution in [-0.2, 0) is 9.53 Å². The summed E-state index contributed by atoms with van der Waals surface area (Å²) in [7, 11) is 0. The van der Waals surface area contributed by atoms with Crippen LogP contribution in [0.2, 0.25) is 0 Å². The van der Waals surface area contributed by atoms with Crippen molar-refractivity contribution < 1.29 is 9.53 Å². The van der Waals surface area contributed by atoms with Crippen LogP contribution in [0, 0.1) is 5.41 Å². The second-order valence-corrected chi connectivity index (χ2v) is 4.76. The number of hydrogen-bond donors (Lipinski definition) is 0. The maximum absolute atomic E-state index is 11.9. The van der Waals surface area contributed by atoms with E-state index in [2.05, 4.69) is 0 Å². The summed E-state index contributed by atoms with van der Waals surface area (Å²) in [5, 5.41) is 0. The Bertz CT molecular complexity index is 183. The fraction of sp³-hybridized carbons (Fsp3) is 0.900. The fourth-order valence-electron chi connectivity index (χ4n) is 1.75. The number of hydrogen-bond acceptors (Lipinski definition) is 2. The topological polar surface area (TPSA) is 26.3 Å². The first-order valence-electron chi connectivity index (χ1n) is 4.55. The summed E-state index contributed by atoms with van der Waals surface area (Å²) in [5.41, 5.74) is -0.780. The Balaban J connectivity index is 2.75. The highest BCUT2D eigenvalue weighted by Crippen LogP contribution is 2.33. The molecule has 0 aromatic carbocycles. The average Bonchev–Trinajstić information content (AvgIpc) is 2.34. The molecule has 12 heavy (non-hydrogen) atoms. The number of rotatable bonds is 1. The van der Waals surface area contributed by atoms with Gasteiger partial charge in [0, 0.05) is 12.0 Å². The highest BCUT2D eigenvalue weighted by atomic mass is 16.5. The van der Waals surface area contributed by atoms with Gasteiger partial charge >= 0.3 is 0 Å². The standard InChI is InChI=1S/C10H18O2/c1-9(2,3)8(11)10(4)6-5-7-12-10/h5-7H2,1-4H3. The predicted molar refractivity (Wildman–Crippen MR) is 48.1 cm³/mol. The number of ketones is 1. The van der Waals surface area contributed by atoms with Crippen molar-refractivity contribution in [2.45, 2.75) is 46.1 Å². The van der Waals surface area contributed by atoms with E-state index in [0.717, 1.165) is 19.4 Å². The molecule has 1 aliphatic heterocycles. The van der Waals surface area contributed by atoms with E-state index >= 15 is 0 Å². The van der Waals surface area contributed by atoms with Crippen molar-refractivity contribution >= 4 is 5.78 Å². The fourth-order valence-corrected chi connectivity index (χ4v) is 1.75. The monoisotopic (exact) mass is 170 g/mol. The van der Waals surface area contributed by atoms with Gasteiger partial charge in [-0.2, -0.15) is 0 Å². The lowest BCUT2D eigenvalue weighted by Gasteiger charge is -2.29. The van der Waals surface area contributed by atoms with Gasteiger partial charge in [0.15, 0.2) is 5.78 Å². The van der Waals surface area contributed by atoms with Crippen LogP contribution in [-0.4, -0.2) is 18.0 Å². The van der Waals surface area contributed by atoms with Gasteiger partial charge in [0.1, 0.15) is 5.60 Å². The van der Waals surface area contributed by atoms with E-state index in [9.17, 15) is 4.79 Å². The van der Waals surface area contributed by atoms with Crippen molar-refractivity contribution in [1.82, 2.24) is 0 Å². The molecule has 0 amide bonds. The highest BCUT2D eigenvalue weighted by Gasteiger charge is 2.42. The molecule has 1 fully saturated rings. The molecule has 0 bridgehead atoms. The quantitative estimate of drug-likeness (QED) is 0.603. The maximum atomic E-state index is 11.9. The lowest BCUT2D eigenvalue weighted by molar-refractivity contribution is -0.145. The zero-order valence-electron chi connectivity index (χ0n) is 8.44. The van der Waals surface area contributed by atoms with E-state index < -0.39 is 5.60 Å². The van der Waals surface area contributed by atoms with Gasteiger partial charge in [-0.25, -0.2) is 0 Å². The summed E-state index contributed by atoms with van der Waals surface area (Å²) in [6, 6.07) is 0. The molecule has 1 atom stereocenters. The van der Waals surface area contributed by atoms with E-state index in [1.54, 1.807) is 0 Å². The van der Waals surface area contributed by atoms with Crippen molar-refractivity contribution in [2.75, 3.05) is 6.61 Å². The Morgan fingerprint density at radius 3 is 2.33 bits per heavy atom. The van der Waals surface area contributed by atoms with Crippen LogP contribution in [0.1, 0.15) is 40.5 Å². The smallest absolute Gasteiger partial charge is 0.169 e. The third-order valence-corrected chi connectivity index (χ3v) is 2.38. The Morgan fingerprint density at radius 2 is 2.00 bits per heavy atom. The van der Waals surface area contributed by atoms with E-state index in [-0.39, 0.29) is 11.2 Å². The van der Waals surface area contributed by atoms with Gasteiger partial charge in [-0.3, -0.25) is 4.79 Å². The summed E-state index contributed by atoms with van der Waals surface area (Å²) in [6.45, 7) is 8.48. The largest absolute Gasteiger partial charge is 0.367 e. The van der Waals surface area contributed by atoms with Crippen LogP contribution in [0.4, 0.5) is 0 Å². The summed E-state index contributed by atoms with van der Waals surface area (Å²) < 4.78 is 5.48. The molecule has 1 aliphatic rings. The van der Waals surface area contributed by atoms with Gasteiger partial charge < -0.3 is 4.74 Å². The Morgan fingerprint density at radius 1 is 1.42 bits per heavy atom. The lowest BCUT2D eigenvalue weighted by Crippen LogP contribution is -2.42. The molecule has 1 saturated heterocycles. The van der Waals surface area contributed by atoms with Crippen LogP contribution in [0.5, 0.6) is 0 Å². The molecule has 1 unspecified atom stereocenters. The molecule has 0 saturated carbocycles. The summed E-state index contributed by atoms with van der Waals surface area (Å²) in [6.07, 6.45) is 1.89. The first-order valence-corrected chi connectivity index (χ1v) is 4.55. The van der Waals surface area contributed by atoms with Gasteiger partial charge in [0.2, 0.25) is 0 Å². The summed E-state index contributed by atoms with van der Waals surface area (Å²) >= 11 is 0. The number of Topliss-reactive ketones (excluding diaryl/α,β-unsaturated/α-hetero) is 1. The van der Waals surface area contributed by atoms with Gasteiger partial charge in [-0.05, 0) is 19.8 Å². The Kier molecular flexibility index (Phi) is 2.30. The lowest BCUT2D eigenvalue weighted by atomic mass is 9.80. The molecule has 0 N–H and O–H groups in total. The van der Waals surface area contributed by atoms with E-state index in [4.69, 9.17) is 4.74 Å². The van der Waals surface area contributed by atoms with Crippen LogP contribution < -0.4 is 0 Å². The molecule has 2 heteroatoms. The second-order valence-electron chi connectivity index (χ2n) is 4.76. The molecule has 0 spiro atoms. The SMILES string of the molecule is CC(C)(C)C(=O)C1(C)CCCO1. The maximum Gasteiger partial charge on any atom is 0.169 e. The minimum atomic E-state index is -0.502. The molecular weight excluding hydrogens is 152 g/mol. The minimum absolute atomic E-state index is 0.229. The van der Waals surface area contributed by atoms with Crippen LogP contribution in [0.25, 0.3) is 0 Å². The minimum Gasteiger partial charge on any atom is -0.367 e. The van der Waals surface area contributed by atoms with Crippen LogP contribution in [0.15, 0.2) is 0 Å². The Labute approximate surface area is 74.3 Å². The van der Waals surface area contributed by atoms with E-state index in [1.807, 2.05) is 27.7 Å².